The van der Waals surface area contributed by atoms with Gasteiger partial charge < -0.3 is 9.84 Å². The standard InChI is InChI=1S/C15H21BrO2S/c1-9-3-4-10-11(7-9)18-12(8-15(10,2)17)13-5-6-14(16)19-13/h5-6,9-12,17H,3-4,7-8H2,1-2H3. The summed E-state index contributed by atoms with van der Waals surface area (Å²) < 4.78 is 7.45. The molecule has 5 unspecified atom stereocenters. The van der Waals surface area contributed by atoms with Crippen LogP contribution in [0.2, 0.25) is 0 Å². The lowest BCUT2D eigenvalue weighted by Gasteiger charge is -2.49. The van der Waals surface area contributed by atoms with E-state index >= 15 is 0 Å². The molecule has 2 fully saturated rings. The van der Waals surface area contributed by atoms with E-state index < -0.39 is 5.60 Å². The van der Waals surface area contributed by atoms with Crippen LogP contribution in [0.15, 0.2) is 15.9 Å². The van der Waals surface area contributed by atoms with Crippen LogP contribution in [0.4, 0.5) is 0 Å². The topological polar surface area (TPSA) is 29.5 Å². The largest absolute Gasteiger partial charge is 0.390 e. The second kappa shape index (κ2) is 5.14. The Morgan fingerprint density at radius 1 is 1.42 bits per heavy atom. The van der Waals surface area contributed by atoms with Crippen molar-refractivity contribution in [3.05, 3.63) is 20.8 Å². The summed E-state index contributed by atoms with van der Waals surface area (Å²) >= 11 is 5.22. The Morgan fingerprint density at radius 2 is 2.21 bits per heavy atom. The highest BCUT2D eigenvalue weighted by Gasteiger charge is 2.47. The van der Waals surface area contributed by atoms with Crippen LogP contribution in [-0.4, -0.2) is 16.8 Å². The van der Waals surface area contributed by atoms with Crippen molar-refractivity contribution in [2.45, 2.75) is 57.3 Å². The summed E-state index contributed by atoms with van der Waals surface area (Å²) in [5.41, 5.74) is -0.593. The minimum Gasteiger partial charge on any atom is -0.390 e. The first kappa shape index (κ1) is 14.1. The van der Waals surface area contributed by atoms with Crippen molar-refractivity contribution in [2.75, 3.05) is 0 Å². The monoisotopic (exact) mass is 344 g/mol. The Kier molecular flexibility index (Phi) is 3.80. The summed E-state index contributed by atoms with van der Waals surface area (Å²) in [5, 5.41) is 10.8. The summed E-state index contributed by atoms with van der Waals surface area (Å²) in [6, 6.07) is 4.18. The molecule has 4 heteroatoms. The minimum atomic E-state index is -0.593. The van der Waals surface area contributed by atoms with Crippen LogP contribution in [0.1, 0.15) is 50.5 Å². The molecule has 1 aromatic rings. The number of fused-ring (bicyclic) bond motifs is 1. The Bertz CT molecular complexity index is 457. The molecule has 1 aliphatic heterocycles. The lowest BCUT2D eigenvalue weighted by atomic mass is 9.69. The fourth-order valence-corrected chi connectivity index (χ4v) is 5.11. The predicted molar refractivity (Wildman–Crippen MR) is 81.4 cm³/mol. The van der Waals surface area contributed by atoms with E-state index in [1.54, 1.807) is 11.3 Å². The second-order valence-electron chi connectivity index (χ2n) is 6.39. The normalized spacial score (nSPS) is 42.9. The highest BCUT2D eigenvalue weighted by atomic mass is 79.9. The van der Waals surface area contributed by atoms with E-state index in [0.717, 1.165) is 23.0 Å². The molecule has 2 heterocycles. The molecule has 0 bridgehead atoms. The van der Waals surface area contributed by atoms with Gasteiger partial charge in [-0.15, -0.1) is 11.3 Å². The lowest BCUT2D eigenvalue weighted by molar-refractivity contribution is -0.196. The molecular weight excluding hydrogens is 324 g/mol. The Balaban J connectivity index is 1.82. The molecule has 1 saturated carbocycles. The van der Waals surface area contributed by atoms with Crippen LogP contribution in [0.5, 0.6) is 0 Å². The molecule has 2 aliphatic rings. The average molecular weight is 345 g/mol. The smallest absolute Gasteiger partial charge is 0.0948 e. The van der Waals surface area contributed by atoms with Crippen LogP contribution in [-0.2, 0) is 4.74 Å². The number of ether oxygens (including phenoxy) is 1. The van der Waals surface area contributed by atoms with E-state index in [9.17, 15) is 5.11 Å². The van der Waals surface area contributed by atoms with Gasteiger partial charge in [-0.05, 0) is 53.7 Å². The van der Waals surface area contributed by atoms with Crippen LogP contribution in [0, 0.1) is 11.8 Å². The molecule has 1 aromatic heterocycles. The molecule has 0 spiro atoms. The first-order valence-corrected chi connectivity index (χ1v) is 8.70. The summed E-state index contributed by atoms with van der Waals surface area (Å²) in [4.78, 5) is 1.23. The SMILES string of the molecule is CC1CCC2C(C1)OC(c1ccc(Br)s1)CC2(C)O. The second-order valence-corrected chi connectivity index (χ2v) is 8.89. The summed E-state index contributed by atoms with van der Waals surface area (Å²) in [5.74, 6) is 1.02. The molecule has 1 saturated heterocycles. The third-order valence-electron chi connectivity index (χ3n) is 4.70. The Morgan fingerprint density at radius 3 is 2.89 bits per heavy atom. The third-order valence-corrected chi connectivity index (χ3v) is 6.42. The summed E-state index contributed by atoms with van der Waals surface area (Å²) in [7, 11) is 0. The molecule has 0 aromatic carbocycles. The van der Waals surface area contributed by atoms with Crippen LogP contribution in [0.3, 0.4) is 0 Å². The van der Waals surface area contributed by atoms with Crippen LogP contribution >= 0.6 is 27.3 Å². The van der Waals surface area contributed by atoms with Gasteiger partial charge in [0.05, 0.1) is 21.6 Å². The van der Waals surface area contributed by atoms with Crippen molar-refractivity contribution in [1.29, 1.82) is 0 Å². The van der Waals surface area contributed by atoms with Crippen LogP contribution in [0.25, 0.3) is 0 Å². The Hall–Kier alpha value is 0.1000. The number of thiophene rings is 1. The summed E-state index contributed by atoms with van der Waals surface area (Å²) in [6.45, 7) is 4.29. The number of rotatable bonds is 1. The fraction of sp³-hybridized carbons (Fsp3) is 0.733. The van der Waals surface area contributed by atoms with Crippen molar-refractivity contribution < 1.29 is 9.84 Å². The number of halogens is 1. The van der Waals surface area contributed by atoms with Crippen molar-refractivity contribution in [3.63, 3.8) is 0 Å². The molecule has 5 atom stereocenters. The predicted octanol–water partition coefficient (Wildman–Crippen LogP) is 4.53. The van der Waals surface area contributed by atoms with Gasteiger partial charge in [-0.2, -0.15) is 0 Å². The van der Waals surface area contributed by atoms with E-state index in [0.29, 0.717) is 11.8 Å². The number of hydrogen-bond donors (Lipinski definition) is 1. The maximum Gasteiger partial charge on any atom is 0.0948 e. The molecule has 106 valence electrons. The van der Waals surface area contributed by atoms with Crippen molar-refractivity contribution in [1.82, 2.24) is 0 Å². The van der Waals surface area contributed by atoms with Gasteiger partial charge in [-0.3, -0.25) is 0 Å². The molecule has 2 nitrogen and oxygen atoms in total. The summed E-state index contributed by atoms with van der Waals surface area (Å²) in [6.07, 6.45) is 4.39. The maximum absolute atomic E-state index is 10.8. The Labute approximate surface area is 127 Å². The third kappa shape index (κ3) is 2.78. The zero-order chi connectivity index (χ0) is 13.6. The molecule has 1 N–H and O–H groups in total. The van der Waals surface area contributed by atoms with Crippen molar-refractivity contribution in [3.8, 4) is 0 Å². The average Bonchev–Trinajstić information content (AvgIpc) is 2.74. The van der Waals surface area contributed by atoms with Crippen molar-refractivity contribution in [2.24, 2.45) is 11.8 Å². The van der Waals surface area contributed by atoms with E-state index in [4.69, 9.17) is 4.74 Å². The van der Waals surface area contributed by atoms with E-state index in [2.05, 4.69) is 35.0 Å². The first-order valence-electron chi connectivity index (χ1n) is 7.09. The zero-order valence-electron chi connectivity index (χ0n) is 11.4. The van der Waals surface area contributed by atoms with Gasteiger partial charge in [-0.1, -0.05) is 13.3 Å². The van der Waals surface area contributed by atoms with E-state index in [-0.39, 0.29) is 12.2 Å². The van der Waals surface area contributed by atoms with Crippen LogP contribution < -0.4 is 0 Å². The number of aliphatic hydroxyl groups is 1. The van der Waals surface area contributed by atoms with Crippen molar-refractivity contribution >= 4 is 27.3 Å². The molecule has 0 radical (unpaired) electrons. The highest BCUT2D eigenvalue weighted by Crippen LogP contribution is 2.48. The minimum absolute atomic E-state index is 0.0536. The first-order chi connectivity index (χ1) is 8.95. The van der Waals surface area contributed by atoms with Gasteiger partial charge in [-0.25, -0.2) is 0 Å². The van der Waals surface area contributed by atoms with Gasteiger partial charge >= 0.3 is 0 Å². The van der Waals surface area contributed by atoms with Gasteiger partial charge in [0.2, 0.25) is 0 Å². The van der Waals surface area contributed by atoms with Gasteiger partial charge in [0.15, 0.2) is 0 Å². The highest BCUT2D eigenvalue weighted by molar-refractivity contribution is 9.11. The quantitative estimate of drug-likeness (QED) is 0.810. The molecule has 1 aliphatic carbocycles. The van der Waals surface area contributed by atoms with Gasteiger partial charge in [0, 0.05) is 17.2 Å². The van der Waals surface area contributed by atoms with E-state index in [1.165, 1.54) is 11.3 Å². The fourth-order valence-electron chi connectivity index (χ4n) is 3.65. The molecule has 3 rings (SSSR count). The molecular formula is C15H21BrO2S. The number of hydrogen-bond acceptors (Lipinski definition) is 3. The van der Waals surface area contributed by atoms with Gasteiger partial charge in [0.25, 0.3) is 0 Å². The molecule has 0 amide bonds. The molecule has 19 heavy (non-hydrogen) atoms. The van der Waals surface area contributed by atoms with Gasteiger partial charge in [0.1, 0.15) is 0 Å². The zero-order valence-corrected chi connectivity index (χ0v) is 13.8. The lowest BCUT2D eigenvalue weighted by Crippen LogP contribution is -2.51. The maximum atomic E-state index is 10.8. The van der Waals surface area contributed by atoms with E-state index in [1.807, 2.05) is 6.92 Å².